The average Bonchev–Trinajstić information content (AvgIpc) is 2.33. The Morgan fingerprint density at radius 2 is 2.41 bits per heavy atom. The number of nitriles is 1. The lowest BCUT2D eigenvalue weighted by molar-refractivity contribution is 0.206. The lowest BCUT2D eigenvalue weighted by Gasteiger charge is -2.35. The minimum absolute atomic E-state index is 0.389. The number of nitrogens with zero attached hydrogens (tertiary/aromatic N) is 4. The van der Waals surface area contributed by atoms with Crippen LogP contribution in [0.15, 0.2) is 12.3 Å². The van der Waals surface area contributed by atoms with E-state index in [1.54, 1.807) is 12.3 Å². The van der Waals surface area contributed by atoms with Crippen LogP contribution in [0.25, 0.3) is 0 Å². The number of piperidine rings is 1. The lowest BCUT2D eigenvalue weighted by Crippen LogP contribution is -2.43. The number of hydrogen-bond acceptors (Lipinski definition) is 5. The Morgan fingerprint density at radius 1 is 1.59 bits per heavy atom. The molecule has 2 unspecified atom stereocenters. The zero-order valence-corrected chi connectivity index (χ0v) is 10.2. The maximum absolute atomic E-state index is 8.78. The summed E-state index contributed by atoms with van der Waals surface area (Å²) >= 11 is 0. The van der Waals surface area contributed by atoms with Crippen LogP contribution in [-0.4, -0.2) is 41.0 Å². The Kier molecular flexibility index (Phi) is 3.55. The molecule has 2 rings (SSSR count). The van der Waals surface area contributed by atoms with E-state index in [1.165, 1.54) is 0 Å². The predicted octanol–water partition coefficient (Wildman–Crippen LogP) is 1.10. The fourth-order valence-corrected chi connectivity index (χ4v) is 2.22. The van der Waals surface area contributed by atoms with Crippen molar-refractivity contribution >= 4 is 5.95 Å². The summed E-state index contributed by atoms with van der Waals surface area (Å²) in [7, 11) is 2.14. The SMILES string of the molecule is CC1CN(C)CCC1Nc1nccc(C#N)n1. The van der Waals surface area contributed by atoms with Crippen LogP contribution < -0.4 is 5.32 Å². The molecule has 1 aliphatic heterocycles. The van der Waals surface area contributed by atoms with E-state index in [9.17, 15) is 0 Å². The smallest absolute Gasteiger partial charge is 0.224 e. The van der Waals surface area contributed by atoms with Crippen LogP contribution in [0.2, 0.25) is 0 Å². The van der Waals surface area contributed by atoms with Gasteiger partial charge in [-0.1, -0.05) is 6.92 Å². The van der Waals surface area contributed by atoms with Crippen molar-refractivity contribution in [3.8, 4) is 6.07 Å². The van der Waals surface area contributed by atoms with Crippen molar-refractivity contribution in [3.63, 3.8) is 0 Å². The summed E-state index contributed by atoms with van der Waals surface area (Å²) in [6.45, 7) is 4.39. The highest BCUT2D eigenvalue weighted by Crippen LogP contribution is 2.18. The van der Waals surface area contributed by atoms with Gasteiger partial charge in [-0.3, -0.25) is 0 Å². The number of nitrogens with one attached hydrogen (secondary N) is 1. The van der Waals surface area contributed by atoms with Gasteiger partial charge in [-0.25, -0.2) is 9.97 Å². The molecular formula is C12H17N5. The maximum atomic E-state index is 8.78. The topological polar surface area (TPSA) is 64.8 Å². The van der Waals surface area contributed by atoms with Gasteiger partial charge in [0, 0.05) is 18.8 Å². The summed E-state index contributed by atoms with van der Waals surface area (Å²) in [5.74, 6) is 1.12. The number of anilines is 1. The van der Waals surface area contributed by atoms with Crippen LogP contribution in [0.5, 0.6) is 0 Å². The molecule has 1 saturated heterocycles. The standard InChI is InChI=1S/C12H17N5/c1-9-8-17(2)6-4-11(9)16-12-14-5-3-10(7-13)15-12/h3,5,9,11H,4,6,8H2,1-2H3,(H,14,15,16). The summed E-state index contributed by atoms with van der Waals surface area (Å²) in [5.41, 5.74) is 0.406. The average molecular weight is 231 g/mol. The lowest BCUT2D eigenvalue weighted by atomic mass is 9.94. The molecule has 0 radical (unpaired) electrons. The second-order valence-electron chi connectivity index (χ2n) is 4.66. The van der Waals surface area contributed by atoms with Gasteiger partial charge in [0.2, 0.25) is 5.95 Å². The van der Waals surface area contributed by atoms with Crippen LogP contribution in [-0.2, 0) is 0 Å². The van der Waals surface area contributed by atoms with Gasteiger partial charge in [-0.15, -0.1) is 0 Å². The highest BCUT2D eigenvalue weighted by Gasteiger charge is 2.24. The Balaban J connectivity index is 2.03. The van der Waals surface area contributed by atoms with E-state index in [-0.39, 0.29) is 0 Å². The molecule has 17 heavy (non-hydrogen) atoms. The molecule has 0 aliphatic carbocycles. The minimum atomic E-state index is 0.389. The Labute approximate surface area is 101 Å². The molecule has 1 N–H and O–H groups in total. The Morgan fingerprint density at radius 3 is 3.12 bits per heavy atom. The van der Waals surface area contributed by atoms with Gasteiger partial charge in [-0.05, 0) is 32.0 Å². The third-order valence-corrected chi connectivity index (χ3v) is 3.19. The molecule has 0 amide bonds. The van der Waals surface area contributed by atoms with E-state index < -0.39 is 0 Å². The normalized spacial score (nSPS) is 25.2. The van der Waals surface area contributed by atoms with E-state index in [0.717, 1.165) is 19.5 Å². The molecule has 0 saturated carbocycles. The molecule has 1 fully saturated rings. The fraction of sp³-hybridized carbons (Fsp3) is 0.583. The van der Waals surface area contributed by atoms with E-state index in [1.807, 2.05) is 6.07 Å². The van der Waals surface area contributed by atoms with E-state index in [0.29, 0.717) is 23.6 Å². The molecule has 5 heteroatoms. The van der Waals surface area contributed by atoms with Gasteiger partial charge < -0.3 is 10.2 Å². The van der Waals surface area contributed by atoms with Crippen molar-refractivity contribution in [3.05, 3.63) is 18.0 Å². The molecular weight excluding hydrogens is 214 g/mol. The van der Waals surface area contributed by atoms with Crippen molar-refractivity contribution in [1.82, 2.24) is 14.9 Å². The third kappa shape index (κ3) is 2.92. The molecule has 1 aliphatic rings. The number of hydrogen-bond donors (Lipinski definition) is 1. The van der Waals surface area contributed by atoms with Crippen molar-refractivity contribution in [2.75, 3.05) is 25.5 Å². The van der Waals surface area contributed by atoms with Gasteiger partial charge >= 0.3 is 0 Å². The summed E-state index contributed by atoms with van der Waals surface area (Å²) in [6, 6.07) is 4.03. The second kappa shape index (κ2) is 5.11. The fourth-order valence-electron chi connectivity index (χ4n) is 2.22. The quantitative estimate of drug-likeness (QED) is 0.825. The Hall–Kier alpha value is -1.67. The van der Waals surface area contributed by atoms with Crippen LogP contribution in [0.3, 0.4) is 0 Å². The first-order valence-electron chi connectivity index (χ1n) is 5.87. The highest BCUT2D eigenvalue weighted by atomic mass is 15.2. The first-order chi connectivity index (χ1) is 8.19. The number of likely N-dealkylation sites (tertiary alicyclic amines) is 1. The van der Waals surface area contributed by atoms with Crippen LogP contribution in [0.1, 0.15) is 19.0 Å². The molecule has 2 atom stereocenters. The van der Waals surface area contributed by atoms with E-state index in [2.05, 4.69) is 34.2 Å². The van der Waals surface area contributed by atoms with Crippen LogP contribution in [0, 0.1) is 17.2 Å². The van der Waals surface area contributed by atoms with Gasteiger partial charge in [-0.2, -0.15) is 5.26 Å². The monoisotopic (exact) mass is 231 g/mol. The van der Waals surface area contributed by atoms with Gasteiger partial charge in [0.15, 0.2) is 0 Å². The van der Waals surface area contributed by atoms with E-state index in [4.69, 9.17) is 5.26 Å². The molecule has 0 aromatic carbocycles. The summed E-state index contributed by atoms with van der Waals surface area (Å²) < 4.78 is 0. The Bertz CT molecular complexity index is 425. The van der Waals surface area contributed by atoms with Gasteiger partial charge in [0.05, 0.1) is 0 Å². The zero-order chi connectivity index (χ0) is 12.3. The number of aromatic nitrogens is 2. The predicted molar refractivity (Wildman–Crippen MR) is 65.4 cm³/mol. The van der Waals surface area contributed by atoms with Crippen molar-refractivity contribution in [1.29, 1.82) is 5.26 Å². The molecule has 2 heterocycles. The number of rotatable bonds is 2. The zero-order valence-electron chi connectivity index (χ0n) is 10.2. The molecule has 1 aromatic rings. The van der Waals surface area contributed by atoms with Gasteiger partial charge in [0.25, 0.3) is 0 Å². The van der Waals surface area contributed by atoms with Crippen LogP contribution in [0.4, 0.5) is 5.95 Å². The van der Waals surface area contributed by atoms with Gasteiger partial charge in [0.1, 0.15) is 11.8 Å². The molecule has 5 nitrogen and oxygen atoms in total. The van der Waals surface area contributed by atoms with Crippen molar-refractivity contribution in [2.24, 2.45) is 5.92 Å². The maximum Gasteiger partial charge on any atom is 0.224 e. The first-order valence-corrected chi connectivity index (χ1v) is 5.87. The third-order valence-electron chi connectivity index (χ3n) is 3.19. The molecule has 0 bridgehead atoms. The minimum Gasteiger partial charge on any atom is -0.351 e. The summed E-state index contributed by atoms with van der Waals surface area (Å²) in [6.07, 6.45) is 2.70. The largest absolute Gasteiger partial charge is 0.351 e. The molecule has 90 valence electrons. The second-order valence-corrected chi connectivity index (χ2v) is 4.66. The summed E-state index contributed by atoms with van der Waals surface area (Å²) in [4.78, 5) is 10.6. The van der Waals surface area contributed by atoms with Crippen molar-refractivity contribution < 1.29 is 0 Å². The molecule has 1 aromatic heterocycles. The highest BCUT2D eigenvalue weighted by molar-refractivity contribution is 5.31. The summed E-state index contributed by atoms with van der Waals surface area (Å²) in [5, 5.41) is 12.1. The van der Waals surface area contributed by atoms with Crippen LogP contribution >= 0.6 is 0 Å². The first kappa shape index (κ1) is 11.8. The molecule has 0 spiro atoms. The van der Waals surface area contributed by atoms with Crippen molar-refractivity contribution in [2.45, 2.75) is 19.4 Å². The van der Waals surface area contributed by atoms with E-state index >= 15 is 0 Å².